The highest BCUT2D eigenvalue weighted by Gasteiger charge is 2.15. The lowest BCUT2D eigenvalue weighted by Crippen LogP contribution is -2.26. The first kappa shape index (κ1) is 15.6. The zero-order valence-electron chi connectivity index (χ0n) is 9.44. The minimum Gasteiger partial charge on any atom is -0.419 e. The van der Waals surface area contributed by atoms with E-state index in [2.05, 4.69) is 20.8 Å². The fraction of sp³-hybridized carbons (Fsp3) is 1.00. The maximum atomic E-state index is 5.82. The van der Waals surface area contributed by atoms with E-state index in [0.29, 0.717) is 0 Å². The van der Waals surface area contributed by atoms with Crippen molar-refractivity contribution in [2.24, 2.45) is 5.73 Å². The van der Waals surface area contributed by atoms with Gasteiger partial charge in [0, 0.05) is 5.60 Å². The topological polar surface area (TPSA) is 70.2 Å². The van der Waals surface area contributed by atoms with E-state index in [1.807, 2.05) is 0 Å². The Morgan fingerprint density at radius 3 is 2.38 bits per heavy atom. The van der Waals surface area contributed by atoms with Crippen LogP contribution >= 0.6 is 0 Å². The SMILES string of the molecule is CC[SiH2]OC(C)(C)CCCCN.N. The second-order valence-electron chi connectivity index (χ2n) is 3.85. The second-order valence-corrected chi connectivity index (χ2v) is 5.55. The number of rotatable bonds is 7. The molecule has 0 aliphatic heterocycles. The van der Waals surface area contributed by atoms with Crippen LogP contribution in [0.1, 0.15) is 40.0 Å². The highest BCUT2D eigenvalue weighted by Crippen LogP contribution is 2.17. The average Bonchev–Trinajstić information content (AvgIpc) is 2.01. The Hall–Kier alpha value is 0.0969. The van der Waals surface area contributed by atoms with Gasteiger partial charge in [-0.1, -0.05) is 6.92 Å². The van der Waals surface area contributed by atoms with Gasteiger partial charge in [0.25, 0.3) is 0 Å². The van der Waals surface area contributed by atoms with Crippen molar-refractivity contribution in [1.29, 1.82) is 0 Å². The van der Waals surface area contributed by atoms with Gasteiger partial charge in [-0.3, -0.25) is 0 Å². The number of unbranched alkanes of at least 4 members (excludes halogenated alkanes) is 1. The van der Waals surface area contributed by atoms with Crippen molar-refractivity contribution in [3.63, 3.8) is 0 Å². The van der Waals surface area contributed by atoms with Crippen molar-refractivity contribution in [1.82, 2.24) is 6.15 Å². The summed E-state index contributed by atoms with van der Waals surface area (Å²) in [5, 5.41) is 0. The average molecular weight is 206 g/mol. The Labute approximate surface area is 84.9 Å². The Kier molecular flexibility index (Phi) is 10.4. The van der Waals surface area contributed by atoms with E-state index in [-0.39, 0.29) is 21.5 Å². The van der Waals surface area contributed by atoms with Gasteiger partial charge in [0.05, 0.1) is 0 Å². The molecule has 5 N–H and O–H groups in total. The Bertz CT molecular complexity index is 110. The van der Waals surface area contributed by atoms with Crippen LogP contribution in [0.2, 0.25) is 6.04 Å². The third kappa shape index (κ3) is 10.0. The summed E-state index contributed by atoms with van der Waals surface area (Å²) in [6.07, 6.45) is 3.47. The molecule has 0 spiro atoms. The molecular weight excluding hydrogens is 180 g/mol. The molecule has 0 aliphatic rings. The second kappa shape index (κ2) is 8.68. The molecule has 0 radical (unpaired) electrons. The van der Waals surface area contributed by atoms with E-state index in [1.165, 1.54) is 12.5 Å². The zero-order valence-corrected chi connectivity index (χ0v) is 10.8. The lowest BCUT2D eigenvalue weighted by atomic mass is 10.0. The number of nitrogens with two attached hydrogens (primary N) is 1. The van der Waals surface area contributed by atoms with Gasteiger partial charge in [0.2, 0.25) is 0 Å². The third-order valence-corrected chi connectivity index (χ3v) is 3.32. The molecule has 4 heteroatoms. The summed E-state index contributed by atoms with van der Waals surface area (Å²) in [4.78, 5) is 0. The molecule has 82 valence electrons. The Morgan fingerprint density at radius 1 is 1.31 bits per heavy atom. The van der Waals surface area contributed by atoms with Crippen molar-refractivity contribution in [2.45, 2.75) is 51.7 Å². The highest BCUT2D eigenvalue weighted by atomic mass is 28.2. The van der Waals surface area contributed by atoms with Gasteiger partial charge in [-0.05, 0) is 45.7 Å². The quantitative estimate of drug-likeness (QED) is 0.491. The molecule has 0 fully saturated rings. The van der Waals surface area contributed by atoms with Crippen LogP contribution < -0.4 is 11.9 Å². The summed E-state index contributed by atoms with van der Waals surface area (Å²) in [5.41, 5.74) is 5.53. The van der Waals surface area contributed by atoms with Crippen LogP contribution in [0.25, 0.3) is 0 Å². The summed E-state index contributed by atoms with van der Waals surface area (Å²) in [6, 6.07) is 1.24. The molecule has 0 bridgehead atoms. The van der Waals surface area contributed by atoms with Crippen LogP contribution in [0.4, 0.5) is 0 Å². The van der Waals surface area contributed by atoms with E-state index < -0.39 is 0 Å². The normalized spacial score (nSPS) is 12.0. The molecule has 0 saturated heterocycles. The van der Waals surface area contributed by atoms with Crippen molar-refractivity contribution < 1.29 is 4.43 Å². The minimum atomic E-state index is -0.248. The fourth-order valence-corrected chi connectivity index (χ4v) is 2.05. The van der Waals surface area contributed by atoms with Crippen molar-refractivity contribution in [3.05, 3.63) is 0 Å². The van der Waals surface area contributed by atoms with Gasteiger partial charge >= 0.3 is 0 Å². The molecule has 0 amide bonds. The monoisotopic (exact) mass is 206 g/mol. The first-order valence-electron chi connectivity index (χ1n) is 4.96. The van der Waals surface area contributed by atoms with E-state index >= 15 is 0 Å². The smallest absolute Gasteiger partial charge is 0.162 e. The fourth-order valence-electron chi connectivity index (χ4n) is 1.15. The van der Waals surface area contributed by atoms with Crippen LogP contribution in [0, 0.1) is 0 Å². The summed E-state index contributed by atoms with van der Waals surface area (Å²) in [7, 11) is -0.248. The summed E-state index contributed by atoms with van der Waals surface area (Å²) in [5.74, 6) is 0. The lowest BCUT2D eigenvalue weighted by Gasteiger charge is -2.25. The molecule has 3 nitrogen and oxygen atoms in total. The molecule has 13 heavy (non-hydrogen) atoms. The molecule has 0 rings (SSSR count). The van der Waals surface area contributed by atoms with Gasteiger partial charge in [0.15, 0.2) is 9.76 Å². The van der Waals surface area contributed by atoms with E-state index in [0.717, 1.165) is 19.4 Å². The molecule has 0 atom stereocenters. The maximum absolute atomic E-state index is 5.82. The first-order chi connectivity index (χ1) is 5.62. The van der Waals surface area contributed by atoms with Crippen LogP contribution in [0.3, 0.4) is 0 Å². The van der Waals surface area contributed by atoms with Crippen LogP contribution in [0.5, 0.6) is 0 Å². The Balaban J connectivity index is 0. The summed E-state index contributed by atoms with van der Waals surface area (Å²) < 4.78 is 5.82. The predicted octanol–water partition coefficient (Wildman–Crippen LogP) is 1.59. The van der Waals surface area contributed by atoms with Crippen LogP contribution in [0.15, 0.2) is 0 Å². The molecule has 0 aromatic carbocycles. The van der Waals surface area contributed by atoms with Crippen LogP contribution in [-0.2, 0) is 4.43 Å². The molecule has 0 unspecified atom stereocenters. The van der Waals surface area contributed by atoms with E-state index in [9.17, 15) is 0 Å². The molecular formula is C9H26N2OSi. The van der Waals surface area contributed by atoms with Crippen molar-refractivity contribution in [3.8, 4) is 0 Å². The van der Waals surface area contributed by atoms with Gasteiger partial charge in [0.1, 0.15) is 0 Å². The molecule has 0 aromatic rings. The van der Waals surface area contributed by atoms with Crippen molar-refractivity contribution >= 4 is 9.76 Å². The number of hydrogen-bond donors (Lipinski definition) is 2. The summed E-state index contributed by atoms with van der Waals surface area (Å²) >= 11 is 0. The number of hydrogen-bond acceptors (Lipinski definition) is 3. The van der Waals surface area contributed by atoms with Crippen molar-refractivity contribution in [2.75, 3.05) is 6.54 Å². The molecule has 0 saturated carbocycles. The van der Waals surface area contributed by atoms with Gasteiger partial charge in [-0.25, -0.2) is 0 Å². The minimum absolute atomic E-state index is 0. The largest absolute Gasteiger partial charge is 0.419 e. The summed E-state index contributed by atoms with van der Waals surface area (Å²) in [6.45, 7) is 7.38. The van der Waals surface area contributed by atoms with Crippen LogP contribution in [-0.4, -0.2) is 21.9 Å². The molecule has 0 heterocycles. The van der Waals surface area contributed by atoms with Gasteiger partial charge in [-0.2, -0.15) is 0 Å². The Morgan fingerprint density at radius 2 is 1.92 bits per heavy atom. The molecule has 0 aromatic heterocycles. The first-order valence-corrected chi connectivity index (χ1v) is 6.54. The predicted molar refractivity (Wildman–Crippen MR) is 62.1 cm³/mol. The van der Waals surface area contributed by atoms with Gasteiger partial charge in [-0.15, -0.1) is 0 Å². The standard InChI is InChI=1S/C9H23NOSi.H3N/c1-4-12-11-9(2,3)7-5-6-8-10;/h4-8,10,12H2,1-3H3;1H3. The maximum Gasteiger partial charge on any atom is 0.162 e. The third-order valence-electron chi connectivity index (χ3n) is 1.93. The van der Waals surface area contributed by atoms with Gasteiger partial charge < -0.3 is 16.3 Å². The molecule has 0 aliphatic carbocycles. The lowest BCUT2D eigenvalue weighted by molar-refractivity contribution is 0.102. The van der Waals surface area contributed by atoms with E-state index in [1.54, 1.807) is 0 Å². The highest BCUT2D eigenvalue weighted by molar-refractivity contribution is 6.27. The van der Waals surface area contributed by atoms with E-state index in [4.69, 9.17) is 10.2 Å². The zero-order chi connectivity index (χ0) is 9.45.